The van der Waals surface area contributed by atoms with Crippen LogP contribution in [0.2, 0.25) is 0 Å². The SMILES string of the molecule is CCC1CN(c2nc(C(=O)OC)ccc2N)CCO1. The van der Waals surface area contributed by atoms with Crippen molar-refractivity contribution >= 4 is 17.5 Å². The van der Waals surface area contributed by atoms with E-state index >= 15 is 0 Å². The van der Waals surface area contributed by atoms with Crippen molar-refractivity contribution < 1.29 is 14.3 Å². The summed E-state index contributed by atoms with van der Waals surface area (Å²) in [4.78, 5) is 17.9. The van der Waals surface area contributed by atoms with Crippen LogP contribution in [0, 0.1) is 0 Å². The summed E-state index contributed by atoms with van der Waals surface area (Å²) in [6.45, 7) is 4.18. The average Bonchev–Trinajstić information content (AvgIpc) is 2.47. The molecule has 1 unspecified atom stereocenters. The third-order valence-electron chi connectivity index (χ3n) is 3.19. The molecule has 1 aromatic rings. The Morgan fingerprint density at radius 2 is 2.42 bits per heavy atom. The number of anilines is 2. The van der Waals surface area contributed by atoms with Gasteiger partial charge in [-0.25, -0.2) is 9.78 Å². The predicted octanol–water partition coefficient (Wildman–Crippen LogP) is 1.07. The van der Waals surface area contributed by atoms with Gasteiger partial charge in [-0.15, -0.1) is 0 Å². The Bertz CT molecular complexity index is 464. The number of aromatic nitrogens is 1. The number of nitrogen functional groups attached to an aromatic ring is 1. The zero-order valence-electron chi connectivity index (χ0n) is 11.3. The van der Waals surface area contributed by atoms with Crippen molar-refractivity contribution in [3.8, 4) is 0 Å². The number of ether oxygens (including phenoxy) is 2. The number of nitrogens with zero attached hydrogens (tertiary/aromatic N) is 2. The molecule has 1 aliphatic rings. The van der Waals surface area contributed by atoms with Gasteiger partial charge in [0.2, 0.25) is 0 Å². The molecule has 104 valence electrons. The first kappa shape index (κ1) is 13.6. The van der Waals surface area contributed by atoms with Crippen LogP contribution in [0.4, 0.5) is 11.5 Å². The number of rotatable bonds is 3. The van der Waals surface area contributed by atoms with Gasteiger partial charge in [0.1, 0.15) is 0 Å². The highest BCUT2D eigenvalue weighted by Crippen LogP contribution is 2.23. The van der Waals surface area contributed by atoms with Gasteiger partial charge < -0.3 is 20.1 Å². The van der Waals surface area contributed by atoms with Crippen LogP contribution < -0.4 is 10.6 Å². The van der Waals surface area contributed by atoms with E-state index in [2.05, 4.69) is 21.5 Å². The number of hydrogen-bond acceptors (Lipinski definition) is 6. The molecule has 1 fully saturated rings. The van der Waals surface area contributed by atoms with Crippen molar-refractivity contribution in [1.82, 2.24) is 4.98 Å². The molecule has 2 heterocycles. The molecule has 1 atom stereocenters. The minimum Gasteiger partial charge on any atom is -0.464 e. The highest BCUT2D eigenvalue weighted by molar-refractivity contribution is 5.88. The Hall–Kier alpha value is -1.82. The summed E-state index contributed by atoms with van der Waals surface area (Å²) < 4.78 is 10.3. The first-order valence-corrected chi connectivity index (χ1v) is 6.37. The Labute approximate surface area is 112 Å². The van der Waals surface area contributed by atoms with Crippen LogP contribution in [0.5, 0.6) is 0 Å². The maximum atomic E-state index is 11.5. The molecule has 0 saturated carbocycles. The van der Waals surface area contributed by atoms with E-state index in [0.717, 1.165) is 19.5 Å². The monoisotopic (exact) mass is 265 g/mol. The number of esters is 1. The Kier molecular flexibility index (Phi) is 4.21. The maximum absolute atomic E-state index is 11.5. The molecule has 2 N–H and O–H groups in total. The molecule has 0 amide bonds. The fourth-order valence-corrected chi connectivity index (χ4v) is 2.09. The summed E-state index contributed by atoms with van der Waals surface area (Å²) in [5, 5.41) is 0. The fraction of sp³-hybridized carbons (Fsp3) is 0.538. The molecule has 19 heavy (non-hydrogen) atoms. The van der Waals surface area contributed by atoms with Gasteiger partial charge in [-0.2, -0.15) is 0 Å². The van der Waals surface area contributed by atoms with Gasteiger partial charge in [-0.05, 0) is 18.6 Å². The summed E-state index contributed by atoms with van der Waals surface area (Å²) in [7, 11) is 1.34. The third kappa shape index (κ3) is 2.96. The molecule has 0 aromatic carbocycles. The fourth-order valence-electron chi connectivity index (χ4n) is 2.09. The molecule has 1 aromatic heterocycles. The van der Waals surface area contributed by atoms with Crippen molar-refractivity contribution in [2.24, 2.45) is 0 Å². The number of carbonyl (C=O) groups is 1. The van der Waals surface area contributed by atoms with Crippen LogP contribution >= 0.6 is 0 Å². The van der Waals surface area contributed by atoms with Crippen LogP contribution in [0.3, 0.4) is 0 Å². The first-order valence-electron chi connectivity index (χ1n) is 6.37. The largest absolute Gasteiger partial charge is 0.464 e. The van der Waals surface area contributed by atoms with Crippen LogP contribution in [-0.2, 0) is 9.47 Å². The molecular formula is C13H19N3O3. The number of nitrogens with two attached hydrogens (primary N) is 1. The van der Waals surface area contributed by atoms with E-state index in [4.69, 9.17) is 10.5 Å². The molecule has 0 radical (unpaired) electrons. The number of pyridine rings is 1. The van der Waals surface area contributed by atoms with Gasteiger partial charge in [-0.3, -0.25) is 0 Å². The van der Waals surface area contributed by atoms with E-state index in [0.29, 0.717) is 18.1 Å². The van der Waals surface area contributed by atoms with Crippen molar-refractivity contribution in [2.75, 3.05) is 37.4 Å². The van der Waals surface area contributed by atoms with Gasteiger partial charge in [0.25, 0.3) is 0 Å². The zero-order chi connectivity index (χ0) is 13.8. The molecule has 6 nitrogen and oxygen atoms in total. The summed E-state index contributed by atoms with van der Waals surface area (Å²) >= 11 is 0. The highest BCUT2D eigenvalue weighted by Gasteiger charge is 2.22. The van der Waals surface area contributed by atoms with Crippen molar-refractivity contribution in [3.05, 3.63) is 17.8 Å². The lowest BCUT2D eigenvalue weighted by Gasteiger charge is -2.34. The van der Waals surface area contributed by atoms with E-state index in [1.165, 1.54) is 7.11 Å². The summed E-state index contributed by atoms with van der Waals surface area (Å²) in [5.74, 6) is 0.172. The average molecular weight is 265 g/mol. The van der Waals surface area contributed by atoms with E-state index in [1.807, 2.05) is 0 Å². The zero-order valence-corrected chi connectivity index (χ0v) is 11.3. The van der Waals surface area contributed by atoms with Crippen molar-refractivity contribution in [1.29, 1.82) is 0 Å². The molecule has 2 rings (SSSR count). The summed E-state index contributed by atoms with van der Waals surface area (Å²) in [6.07, 6.45) is 1.12. The second-order valence-corrected chi connectivity index (χ2v) is 4.45. The molecule has 0 aliphatic carbocycles. The molecule has 1 saturated heterocycles. The lowest BCUT2D eigenvalue weighted by Crippen LogP contribution is -2.43. The van der Waals surface area contributed by atoms with E-state index in [1.54, 1.807) is 12.1 Å². The Morgan fingerprint density at radius 3 is 3.11 bits per heavy atom. The van der Waals surface area contributed by atoms with E-state index < -0.39 is 5.97 Å². The lowest BCUT2D eigenvalue weighted by atomic mass is 10.2. The van der Waals surface area contributed by atoms with Gasteiger partial charge in [0.15, 0.2) is 11.5 Å². The number of methoxy groups -OCH3 is 1. The van der Waals surface area contributed by atoms with E-state index in [9.17, 15) is 4.79 Å². The molecule has 0 bridgehead atoms. The number of carbonyl (C=O) groups excluding carboxylic acids is 1. The second kappa shape index (κ2) is 5.88. The minimum atomic E-state index is -0.457. The smallest absolute Gasteiger partial charge is 0.356 e. The quantitative estimate of drug-likeness (QED) is 0.824. The lowest BCUT2D eigenvalue weighted by molar-refractivity contribution is 0.0382. The molecule has 0 spiro atoms. The van der Waals surface area contributed by atoms with Crippen molar-refractivity contribution in [3.63, 3.8) is 0 Å². The van der Waals surface area contributed by atoms with Crippen LogP contribution in [0.15, 0.2) is 12.1 Å². The molecule has 1 aliphatic heterocycles. The second-order valence-electron chi connectivity index (χ2n) is 4.45. The Morgan fingerprint density at radius 1 is 1.63 bits per heavy atom. The number of morpholine rings is 1. The van der Waals surface area contributed by atoms with Crippen molar-refractivity contribution in [2.45, 2.75) is 19.4 Å². The van der Waals surface area contributed by atoms with Crippen LogP contribution in [0.1, 0.15) is 23.8 Å². The molecular weight excluding hydrogens is 246 g/mol. The highest BCUT2D eigenvalue weighted by atomic mass is 16.5. The summed E-state index contributed by atoms with van der Waals surface area (Å²) in [6, 6.07) is 3.26. The van der Waals surface area contributed by atoms with Gasteiger partial charge >= 0.3 is 5.97 Å². The maximum Gasteiger partial charge on any atom is 0.356 e. The van der Waals surface area contributed by atoms with E-state index in [-0.39, 0.29) is 11.8 Å². The third-order valence-corrected chi connectivity index (χ3v) is 3.19. The van der Waals surface area contributed by atoms with Crippen LogP contribution in [-0.4, -0.2) is 43.9 Å². The predicted molar refractivity (Wildman–Crippen MR) is 72.2 cm³/mol. The standard InChI is InChI=1S/C13H19N3O3/c1-3-9-8-16(6-7-19-9)12-10(14)4-5-11(15-12)13(17)18-2/h4-5,9H,3,6-8,14H2,1-2H3. The minimum absolute atomic E-state index is 0.178. The van der Waals surface area contributed by atoms with Crippen LogP contribution in [0.25, 0.3) is 0 Å². The molecule has 6 heteroatoms. The first-order chi connectivity index (χ1) is 9.15. The Balaban J connectivity index is 2.25. The van der Waals surface area contributed by atoms with Gasteiger partial charge in [0, 0.05) is 13.1 Å². The van der Waals surface area contributed by atoms with Gasteiger partial charge in [0.05, 0.1) is 25.5 Å². The summed E-state index contributed by atoms with van der Waals surface area (Å²) in [5.41, 5.74) is 6.78. The number of hydrogen-bond donors (Lipinski definition) is 1. The topological polar surface area (TPSA) is 77.7 Å². The normalized spacial score (nSPS) is 19.3. The van der Waals surface area contributed by atoms with Gasteiger partial charge in [-0.1, -0.05) is 6.92 Å².